The van der Waals surface area contributed by atoms with Crippen LogP contribution in [-0.2, 0) is 14.3 Å². The number of nitrogens with one attached hydrogen (secondary N) is 1. The summed E-state index contributed by atoms with van der Waals surface area (Å²) in [5.74, 6) is -1.76. The topological polar surface area (TPSA) is 90.9 Å². The average Bonchev–Trinajstić information content (AvgIpc) is 2.68. The van der Waals surface area contributed by atoms with Gasteiger partial charge >= 0.3 is 12.6 Å². The van der Waals surface area contributed by atoms with Gasteiger partial charge in [-0.25, -0.2) is 0 Å². The number of imide groups is 1. The van der Waals surface area contributed by atoms with Gasteiger partial charge in [0.25, 0.3) is 11.8 Å². The van der Waals surface area contributed by atoms with E-state index in [2.05, 4.69) is 4.74 Å². The maximum Gasteiger partial charge on any atom is 0.387 e. The Morgan fingerprint density at radius 1 is 0.966 bits per heavy atom. The van der Waals surface area contributed by atoms with E-state index >= 15 is 0 Å². The zero-order valence-corrected chi connectivity index (χ0v) is 15.5. The molecule has 2 aromatic carbocycles. The van der Waals surface area contributed by atoms with E-state index in [-0.39, 0.29) is 24.3 Å². The normalized spacial score (nSPS) is 10.3. The largest absolute Gasteiger partial charge is 0.493 e. The molecule has 1 N–H and O–H groups in total. The second-order valence-corrected chi connectivity index (χ2v) is 5.85. The van der Waals surface area contributed by atoms with Gasteiger partial charge in [-0.3, -0.25) is 19.7 Å². The molecule has 154 valence electrons. The third-order valence-corrected chi connectivity index (χ3v) is 3.55. The standard InChI is InChI=1S/C20H19F2NO6/c1-13-2-6-15(7-3-13)27-11-10-18(25)28-12-17(24)23-19(26)14-4-8-16(9-5-14)29-20(21)22/h2-9,20H,10-12H2,1H3,(H,23,24,26). The van der Waals surface area contributed by atoms with Gasteiger partial charge in [-0.1, -0.05) is 17.7 Å². The SMILES string of the molecule is Cc1ccc(OCCC(=O)OCC(=O)NC(=O)c2ccc(OC(F)F)cc2)cc1. The van der Waals surface area contributed by atoms with Crippen LogP contribution in [0.2, 0.25) is 0 Å². The van der Waals surface area contributed by atoms with E-state index in [9.17, 15) is 23.2 Å². The van der Waals surface area contributed by atoms with E-state index in [0.29, 0.717) is 5.75 Å². The van der Waals surface area contributed by atoms with E-state index in [1.54, 1.807) is 12.1 Å². The number of carbonyl (C=O) groups is 3. The first-order valence-corrected chi connectivity index (χ1v) is 8.57. The van der Waals surface area contributed by atoms with Crippen LogP contribution in [0.3, 0.4) is 0 Å². The number of hydrogen-bond donors (Lipinski definition) is 1. The molecule has 29 heavy (non-hydrogen) atoms. The summed E-state index contributed by atoms with van der Waals surface area (Å²) in [7, 11) is 0. The van der Waals surface area contributed by atoms with Gasteiger partial charge in [0.05, 0.1) is 13.0 Å². The second kappa shape index (κ2) is 10.7. The van der Waals surface area contributed by atoms with Gasteiger partial charge in [0.15, 0.2) is 6.61 Å². The van der Waals surface area contributed by atoms with Crippen LogP contribution < -0.4 is 14.8 Å². The van der Waals surface area contributed by atoms with Crippen molar-refractivity contribution in [2.45, 2.75) is 20.0 Å². The number of benzene rings is 2. The molecule has 2 amide bonds. The molecule has 0 unspecified atom stereocenters. The van der Waals surface area contributed by atoms with E-state index < -0.39 is 31.0 Å². The van der Waals surface area contributed by atoms with Crippen LogP contribution in [0, 0.1) is 6.92 Å². The minimum atomic E-state index is -2.98. The Hall–Kier alpha value is -3.49. The molecule has 0 aliphatic heterocycles. The summed E-state index contributed by atoms with van der Waals surface area (Å²) in [5, 5.41) is 2.02. The predicted molar refractivity (Wildman–Crippen MR) is 97.8 cm³/mol. The maximum atomic E-state index is 12.1. The zero-order valence-electron chi connectivity index (χ0n) is 15.5. The highest BCUT2D eigenvalue weighted by Crippen LogP contribution is 2.15. The van der Waals surface area contributed by atoms with Crippen molar-refractivity contribution in [1.29, 1.82) is 0 Å². The number of rotatable bonds is 9. The van der Waals surface area contributed by atoms with Crippen molar-refractivity contribution in [2.24, 2.45) is 0 Å². The van der Waals surface area contributed by atoms with Gasteiger partial charge < -0.3 is 14.2 Å². The quantitative estimate of drug-likeness (QED) is 0.643. The number of aryl methyl sites for hydroxylation is 1. The molecule has 9 heteroatoms. The first-order valence-electron chi connectivity index (χ1n) is 8.57. The summed E-state index contributed by atoms with van der Waals surface area (Å²) >= 11 is 0. The van der Waals surface area contributed by atoms with Gasteiger partial charge in [-0.05, 0) is 43.3 Å². The highest BCUT2D eigenvalue weighted by molar-refractivity contribution is 6.05. The highest BCUT2D eigenvalue weighted by Gasteiger charge is 2.13. The molecular weight excluding hydrogens is 388 g/mol. The third kappa shape index (κ3) is 7.96. The van der Waals surface area contributed by atoms with Crippen LogP contribution in [0.4, 0.5) is 8.78 Å². The van der Waals surface area contributed by atoms with Gasteiger partial charge in [0.1, 0.15) is 11.5 Å². The molecule has 0 atom stereocenters. The van der Waals surface area contributed by atoms with Crippen LogP contribution in [0.1, 0.15) is 22.3 Å². The summed E-state index contributed by atoms with van der Waals surface area (Å²) in [6, 6.07) is 12.0. The van der Waals surface area contributed by atoms with Crippen molar-refractivity contribution in [3.05, 3.63) is 59.7 Å². The van der Waals surface area contributed by atoms with Gasteiger partial charge in [-0.2, -0.15) is 8.78 Å². The monoisotopic (exact) mass is 407 g/mol. The Morgan fingerprint density at radius 2 is 1.59 bits per heavy atom. The molecule has 0 saturated carbocycles. The molecule has 0 aromatic heterocycles. The van der Waals surface area contributed by atoms with E-state index in [1.807, 2.05) is 24.4 Å². The fourth-order valence-corrected chi connectivity index (χ4v) is 2.13. The van der Waals surface area contributed by atoms with Crippen molar-refractivity contribution >= 4 is 17.8 Å². The summed E-state index contributed by atoms with van der Waals surface area (Å²) < 4.78 is 38.5. The van der Waals surface area contributed by atoms with E-state index in [0.717, 1.165) is 5.56 Å². The molecule has 0 heterocycles. The van der Waals surface area contributed by atoms with Crippen molar-refractivity contribution in [3.8, 4) is 11.5 Å². The first kappa shape index (κ1) is 21.8. The number of halogens is 2. The first-order chi connectivity index (χ1) is 13.8. The maximum absolute atomic E-state index is 12.1. The highest BCUT2D eigenvalue weighted by atomic mass is 19.3. The molecule has 0 saturated heterocycles. The average molecular weight is 407 g/mol. The molecule has 2 rings (SSSR count). The van der Waals surface area contributed by atoms with Crippen LogP contribution in [-0.4, -0.2) is 37.6 Å². The fourth-order valence-electron chi connectivity index (χ4n) is 2.13. The van der Waals surface area contributed by atoms with Crippen LogP contribution in [0.5, 0.6) is 11.5 Å². The molecule has 0 aliphatic carbocycles. The lowest BCUT2D eigenvalue weighted by Gasteiger charge is -2.08. The Labute approximate surface area is 165 Å². The van der Waals surface area contributed by atoms with Crippen LogP contribution in [0.25, 0.3) is 0 Å². The van der Waals surface area contributed by atoms with Crippen molar-refractivity contribution in [1.82, 2.24) is 5.32 Å². The zero-order chi connectivity index (χ0) is 21.2. The van der Waals surface area contributed by atoms with Gasteiger partial charge in [0, 0.05) is 5.56 Å². The molecule has 0 fully saturated rings. The molecule has 0 bridgehead atoms. The number of hydrogen-bond acceptors (Lipinski definition) is 6. The van der Waals surface area contributed by atoms with E-state index in [4.69, 9.17) is 9.47 Å². The molecular formula is C20H19F2NO6. The number of amides is 2. The lowest BCUT2D eigenvalue weighted by atomic mass is 10.2. The summed E-state index contributed by atoms with van der Waals surface area (Å²) in [5.41, 5.74) is 1.13. The summed E-state index contributed by atoms with van der Waals surface area (Å²) in [6.07, 6.45) is -0.0687. The third-order valence-electron chi connectivity index (χ3n) is 3.55. The van der Waals surface area contributed by atoms with Crippen LogP contribution in [0.15, 0.2) is 48.5 Å². The van der Waals surface area contributed by atoms with Crippen LogP contribution >= 0.6 is 0 Å². The summed E-state index contributed by atoms with van der Waals surface area (Å²) in [6.45, 7) is -1.60. The number of ether oxygens (including phenoxy) is 3. The molecule has 0 spiro atoms. The Morgan fingerprint density at radius 3 is 2.21 bits per heavy atom. The Kier molecular flexibility index (Phi) is 8.08. The van der Waals surface area contributed by atoms with Gasteiger partial charge in [-0.15, -0.1) is 0 Å². The molecule has 7 nitrogen and oxygen atoms in total. The number of alkyl halides is 2. The second-order valence-electron chi connectivity index (χ2n) is 5.85. The van der Waals surface area contributed by atoms with Crippen molar-refractivity contribution in [2.75, 3.05) is 13.2 Å². The lowest BCUT2D eigenvalue weighted by molar-refractivity contribution is -0.148. The van der Waals surface area contributed by atoms with Gasteiger partial charge in [0.2, 0.25) is 0 Å². The van der Waals surface area contributed by atoms with Crippen molar-refractivity contribution < 1.29 is 37.4 Å². The lowest BCUT2D eigenvalue weighted by Crippen LogP contribution is -2.34. The number of carbonyl (C=O) groups excluding carboxylic acids is 3. The van der Waals surface area contributed by atoms with E-state index in [1.165, 1.54) is 24.3 Å². The minimum absolute atomic E-state index is 0.0535. The molecule has 2 aromatic rings. The molecule has 0 aliphatic rings. The summed E-state index contributed by atoms with van der Waals surface area (Å²) in [4.78, 5) is 35.2. The Bertz CT molecular complexity index is 837. The smallest absolute Gasteiger partial charge is 0.387 e. The fraction of sp³-hybridized carbons (Fsp3) is 0.250. The minimum Gasteiger partial charge on any atom is -0.493 e. The number of esters is 1. The predicted octanol–water partition coefficient (Wildman–Crippen LogP) is 2.87. The molecule has 0 radical (unpaired) electrons. The Balaban J connectivity index is 1.68. The van der Waals surface area contributed by atoms with Crippen molar-refractivity contribution in [3.63, 3.8) is 0 Å².